The van der Waals surface area contributed by atoms with E-state index in [0.29, 0.717) is 46.1 Å². The first-order valence-corrected chi connectivity index (χ1v) is 15.0. The molecule has 0 spiro atoms. The maximum atomic E-state index is 14.3. The highest BCUT2D eigenvalue weighted by atomic mass is 32.2. The Bertz CT molecular complexity index is 2050. The number of anilines is 1. The van der Waals surface area contributed by atoms with E-state index >= 15 is 0 Å². The van der Waals surface area contributed by atoms with E-state index in [1.807, 2.05) is 6.08 Å². The number of benzene rings is 2. The SMILES string of the molecule is COc1ncc(-c2ccc3ncc(C#N)c(C4=CCN(C(=O)/C=C/C(C)=O)CC4)c3c2)cc1NS(=O)(=O)c1c(F)cccc1F. The van der Waals surface area contributed by atoms with Crippen molar-refractivity contribution in [1.82, 2.24) is 14.9 Å². The number of pyridine rings is 2. The van der Waals surface area contributed by atoms with Gasteiger partial charge in [0.05, 0.1) is 18.2 Å². The molecule has 0 unspecified atom stereocenters. The number of amides is 1. The lowest BCUT2D eigenvalue weighted by molar-refractivity contribution is -0.126. The third-order valence-corrected chi connectivity index (χ3v) is 8.52. The van der Waals surface area contributed by atoms with Gasteiger partial charge in [0.2, 0.25) is 11.8 Å². The van der Waals surface area contributed by atoms with Crippen molar-refractivity contribution in [2.45, 2.75) is 18.2 Å². The minimum Gasteiger partial charge on any atom is -0.480 e. The van der Waals surface area contributed by atoms with Gasteiger partial charge in [-0.1, -0.05) is 18.2 Å². The number of hydrogen-bond donors (Lipinski definition) is 1. The molecule has 0 radical (unpaired) electrons. The van der Waals surface area contributed by atoms with Crippen LogP contribution in [0.1, 0.15) is 24.5 Å². The molecule has 0 bridgehead atoms. The van der Waals surface area contributed by atoms with Crippen LogP contribution >= 0.6 is 0 Å². The van der Waals surface area contributed by atoms with E-state index in [-0.39, 0.29) is 29.8 Å². The second kappa shape index (κ2) is 12.6. The van der Waals surface area contributed by atoms with Crippen LogP contribution in [0.5, 0.6) is 5.88 Å². The fourth-order valence-electron chi connectivity index (χ4n) is 4.97. The molecule has 1 amide bonds. The summed E-state index contributed by atoms with van der Waals surface area (Å²) in [7, 11) is -3.44. The number of aromatic nitrogens is 2. The van der Waals surface area contributed by atoms with Crippen LogP contribution < -0.4 is 9.46 Å². The molecule has 228 valence electrons. The summed E-state index contributed by atoms with van der Waals surface area (Å²) in [5.41, 5.74) is 3.27. The van der Waals surface area contributed by atoms with Crippen LogP contribution in [0.25, 0.3) is 27.6 Å². The number of halogens is 2. The van der Waals surface area contributed by atoms with Crippen LogP contribution in [-0.4, -0.2) is 55.2 Å². The summed E-state index contributed by atoms with van der Waals surface area (Å²) < 4.78 is 62.0. The van der Waals surface area contributed by atoms with Gasteiger partial charge in [0.25, 0.3) is 10.0 Å². The number of nitrogens with zero attached hydrogens (tertiary/aromatic N) is 4. The maximum Gasteiger partial charge on any atom is 0.267 e. The quantitative estimate of drug-likeness (QED) is 0.268. The Morgan fingerprint density at radius 3 is 2.47 bits per heavy atom. The van der Waals surface area contributed by atoms with Crippen molar-refractivity contribution < 1.29 is 31.5 Å². The molecular formula is C32H25F2N5O5S. The largest absolute Gasteiger partial charge is 0.480 e. The number of ketones is 1. The molecule has 4 aromatic rings. The summed E-state index contributed by atoms with van der Waals surface area (Å²) in [5.74, 6) is -3.17. The summed E-state index contributed by atoms with van der Waals surface area (Å²) in [6.45, 7) is 2.01. The molecule has 0 atom stereocenters. The summed E-state index contributed by atoms with van der Waals surface area (Å²) in [5, 5.41) is 10.6. The number of rotatable bonds is 8. The van der Waals surface area contributed by atoms with Gasteiger partial charge in [-0.15, -0.1) is 0 Å². The number of ether oxygens (including phenoxy) is 1. The third kappa shape index (κ3) is 6.41. The van der Waals surface area contributed by atoms with Crippen LogP contribution in [-0.2, 0) is 19.6 Å². The van der Waals surface area contributed by atoms with Gasteiger partial charge >= 0.3 is 0 Å². The zero-order chi connectivity index (χ0) is 32.3. The molecule has 2 aromatic heterocycles. The Morgan fingerprint density at radius 1 is 1.07 bits per heavy atom. The lowest BCUT2D eigenvalue weighted by Gasteiger charge is -2.26. The highest BCUT2D eigenvalue weighted by Gasteiger charge is 2.26. The highest BCUT2D eigenvalue weighted by molar-refractivity contribution is 7.92. The number of fused-ring (bicyclic) bond motifs is 1. The average molecular weight is 630 g/mol. The minimum absolute atomic E-state index is 0.126. The van der Waals surface area contributed by atoms with E-state index in [2.05, 4.69) is 20.8 Å². The van der Waals surface area contributed by atoms with Crippen LogP contribution in [0.3, 0.4) is 0 Å². The number of carbonyl (C=O) groups excluding carboxylic acids is 2. The molecule has 1 N–H and O–H groups in total. The summed E-state index contributed by atoms with van der Waals surface area (Å²) >= 11 is 0. The van der Waals surface area contributed by atoms with Gasteiger partial charge in [-0.25, -0.2) is 22.2 Å². The Labute approximate surface area is 257 Å². The molecule has 0 aliphatic carbocycles. The topological polar surface area (TPSA) is 142 Å². The van der Waals surface area contributed by atoms with Crippen molar-refractivity contribution in [3.8, 4) is 23.1 Å². The molecule has 13 heteroatoms. The number of nitrogens with one attached hydrogen (secondary N) is 1. The molecule has 2 aromatic carbocycles. The van der Waals surface area contributed by atoms with Crippen molar-refractivity contribution in [2.75, 3.05) is 24.9 Å². The van der Waals surface area contributed by atoms with E-state index in [9.17, 15) is 32.0 Å². The normalized spacial score (nSPS) is 13.4. The van der Waals surface area contributed by atoms with Crippen LogP contribution in [0.15, 0.2) is 78.0 Å². The van der Waals surface area contributed by atoms with E-state index in [0.717, 1.165) is 23.8 Å². The Balaban J connectivity index is 1.54. The Hall–Kier alpha value is -5.48. The Morgan fingerprint density at radius 2 is 1.82 bits per heavy atom. The second-order valence-electron chi connectivity index (χ2n) is 10.0. The first-order chi connectivity index (χ1) is 21.5. The Kier molecular flexibility index (Phi) is 8.69. The van der Waals surface area contributed by atoms with Crippen LogP contribution in [0.4, 0.5) is 14.5 Å². The lowest BCUT2D eigenvalue weighted by atomic mass is 9.91. The molecule has 0 fully saturated rings. The van der Waals surface area contributed by atoms with Crippen molar-refractivity contribution in [1.29, 1.82) is 5.26 Å². The zero-order valence-electron chi connectivity index (χ0n) is 24.0. The van der Waals surface area contributed by atoms with Gasteiger partial charge in [-0.05, 0) is 60.9 Å². The fraction of sp³-hybridized carbons (Fsp3) is 0.156. The molecule has 0 saturated carbocycles. The highest BCUT2D eigenvalue weighted by Crippen LogP contribution is 2.36. The minimum atomic E-state index is -4.71. The van der Waals surface area contributed by atoms with Crippen molar-refractivity contribution >= 4 is 43.9 Å². The number of sulfonamides is 1. The molecule has 45 heavy (non-hydrogen) atoms. The fourth-order valence-corrected chi connectivity index (χ4v) is 6.16. The van der Waals surface area contributed by atoms with Gasteiger partial charge < -0.3 is 9.64 Å². The third-order valence-electron chi connectivity index (χ3n) is 7.10. The molecule has 3 heterocycles. The van der Waals surface area contributed by atoms with Crippen LogP contribution in [0, 0.1) is 23.0 Å². The average Bonchev–Trinajstić information content (AvgIpc) is 3.02. The molecular weight excluding hydrogens is 604 g/mol. The summed E-state index contributed by atoms with van der Waals surface area (Å²) in [6, 6.07) is 11.6. The number of methoxy groups -OCH3 is 1. The van der Waals surface area contributed by atoms with Gasteiger partial charge in [0, 0.05) is 48.1 Å². The van der Waals surface area contributed by atoms with Crippen molar-refractivity contribution in [2.24, 2.45) is 0 Å². The number of hydrogen-bond acceptors (Lipinski definition) is 8. The standard InChI is InChI=1S/C32H25F2N5O5S/c1-19(40)6-9-29(41)39-12-10-20(11-13-39)30-23(16-35)18-36-27-8-7-21(14-24(27)30)22-15-28(32(44-2)37-17-22)38-45(42,43)31-25(33)4-3-5-26(31)34/h3-10,14-15,17-18,38H,11-13H2,1-2H3/b9-6+. The monoisotopic (exact) mass is 629 g/mol. The summed E-state index contributed by atoms with van der Waals surface area (Å²) in [4.78, 5) is 32.7. The van der Waals surface area contributed by atoms with E-state index in [4.69, 9.17) is 4.74 Å². The molecule has 1 aliphatic rings. The smallest absolute Gasteiger partial charge is 0.267 e. The molecule has 1 aliphatic heterocycles. The second-order valence-corrected chi connectivity index (χ2v) is 11.7. The maximum absolute atomic E-state index is 14.3. The first kappa shape index (κ1) is 31.0. The zero-order valence-corrected chi connectivity index (χ0v) is 24.9. The number of carbonyl (C=O) groups is 2. The predicted molar refractivity (Wildman–Crippen MR) is 162 cm³/mol. The predicted octanol–water partition coefficient (Wildman–Crippen LogP) is 5.02. The van der Waals surface area contributed by atoms with Gasteiger partial charge in [-0.2, -0.15) is 5.26 Å². The molecule has 5 rings (SSSR count). The van der Waals surface area contributed by atoms with Gasteiger partial charge in [0.15, 0.2) is 10.7 Å². The van der Waals surface area contributed by atoms with Gasteiger partial charge in [0.1, 0.15) is 23.4 Å². The van der Waals surface area contributed by atoms with E-state index in [1.165, 1.54) is 44.6 Å². The van der Waals surface area contributed by atoms with E-state index in [1.54, 1.807) is 23.1 Å². The van der Waals surface area contributed by atoms with E-state index < -0.39 is 26.6 Å². The van der Waals surface area contributed by atoms with Gasteiger partial charge in [-0.3, -0.25) is 19.3 Å². The number of nitriles is 1. The summed E-state index contributed by atoms with van der Waals surface area (Å²) in [6.07, 6.45) is 7.68. The number of allylic oxidation sites excluding steroid dienone is 1. The first-order valence-electron chi connectivity index (χ1n) is 13.5. The molecule has 0 saturated heterocycles. The van der Waals surface area contributed by atoms with Crippen molar-refractivity contribution in [3.05, 3.63) is 95.8 Å². The molecule has 10 nitrogen and oxygen atoms in total. The van der Waals surface area contributed by atoms with Crippen LogP contribution in [0.2, 0.25) is 0 Å². The lowest BCUT2D eigenvalue weighted by Crippen LogP contribution is -2.33. The van der Waals surface area contributed by atoms with Crippen molar-refractivity contribution in [3.63, 3.8) is 0 Å².